The van der Waals surface area contributed by atoms with E-state index in [1.165, 1.54) is 24.3 Å². The van der Waals surface area contributed by atoms with Crippen molar-refractivity contribution in [1.29, 1.82) is 0 Å². The first-order chi connectivity index (χ1) is 10.2. The van der Waals surface area contributed by atoms with Gasteiger partial charge in [-0.05, 0) is 55.5 Å². The number of halogens is 1. The fraction of sp³-hybridized carbons (Fsp3) is 0.133. The lowest BCUT2D eigenvalue weighted by atomic mass is 10.3. The van der Waals surface area contributed by atoms with Gasteiger partial charge in [0.1, 0.15) is 11.6 Å². The highest BCUT2D eigenvalue weighted by molar-refractivity contribution is 5.90. The summed E-state index contributed by atoms with van der Waals surface area (Å²) in [6.07, 6.45) is 0. The zero-order valence-electron chi connectivity index (χ0n) is 11.5. The molecular weight excluding hydrogens is 273 g/mol. The van der Waals surface area contributed by atoms with Crippen LogP contribution in [0.5, 0.6) is 5.75 Å². The molecule has 2 rings (SSSR count). The molecule has 0 bridgehead atoms. The third-order valence-electron chi connectivity index (χ3n) is 2.59. The van der Waals surface area contributed by atoms with Crippen molar-refractivity contribution >= 4 is 17.4 Å². The first-order valence-corrected chi connectivity index (χ1v) is 6.49. The molecule has 2 aromatic rings. The molecule has 0 heterocycles. The topological polar surface area (TPSA) is 62.4 Å². The largest absolute Gasteiger partial charge is 0.494 e. The third kappa shape index (κ3) is 4.68. The number of urea groups is 1. The second-order valence-electron chi connectivity index (χ2n) is 4.17. The number of anilines is 2. The van der Waals surface area contributed by atoms with Crippen LogP contribution in [-0.2, 0) is 0 Å². The van der Waals surface area contributed by atoms with E-state index in [2.05, 4.69) is 16.2 Å². The minimum absolute atomic E-state index is 0.334. The number of nitrogens with one attached hydrogen (secondary N) is 3. The summed E-state index contributed by atoms with van der Waals surface area (Å²) in [6.45, 7) is 2.50. The Labute approximate surface area is 122 Å². The van der Waals surface area contributed by atoms with Gasteiger partial charge in [-0.3, -0.25) is 10.9 Å². The van der Waals surface area contributed by atoms with Gasteiger partial charge in [0.2, 0.25) is 0 Å². The number of hydrazine groups is 1. The summed E-state index contributed by atoms with van der Waals surface area (Å²) >= 11 is 0. The van der Waals surface area contributed by atoms with Gasteiger partial charge in [0.05, 0.1) is 12.3 Å². The Morgan fingerprint density at radius 1 is 1.05 bits per heavy atom. The number of ether oxygens (including phenoxy) is 1. The summed E-state index contributed by atoms with van der Waals surface area (Å²) in [6, 6.07) is 12.2. The molecule has 0 saturated heterocycles. The van der Waals surface area contributed by atoms with E-state index in [0.717, 1.165) is 5.75 Å². The van der Waals surface area contributed by atoms with Crippen LogP contribution in [0.15, 0.2) is 48.5 Å². The van der Waals surface area contributed by atoms with Crippen molar-refractivity contribution in [1.82, 2.24) is 5.43 Å². The number of rotatable bonds is 5. The van der Waals surface area contributed by atoms with Gasteiger partial charge in [-0.2, -0.15) is 0 Å². The zero-order chi connectivity index (χ0) is 15.1. The van der Waals surface area contributed by atoms with Crippen molar-refractivity contribution in [2.45, 2.75) is 6.92 Å². The van der Waals surface area contributed by atoms with Gasteiger partial charge >= 0.3 is 6.03 Å². The molecule has 0 aliphatic carbocycles. The molecule has 21 heavy (non-hydrogen) atoms. The Morgan fingerprint density at radius 3 is 2.29 bits per heavy atom. The van der Waals surface area contributed by atoms with Crippen LogP contribution < -0.4 is 20.9 Å². The molecule has 0 radical (unpaired) electrons. The molecule has 2 amide bonds. The lowest BCUT2D eigenvalue weighted by Crippen LogP contribution is -2.33. The molecule has 0 atom stereocenters. The predicted molar refractivity (Wildman–Crippen MR) is 79.8 cm³/mol. The SMILES string of the molecule is CCOc1ccc(NC(=O)NNc2ccc(F)cc2)cc1. The second kappa shape index (κ2) is 7.14. The van der Waals surface area contributed by atoms with Crippen LogP contribution in [-0.4, -0.2) is 12.6 Å². The van der Waals surface area contributed by atoms with Gasteiger partial charge in [0, 0.05) is 5.69 Å². The molecule has 2 aromatic carbocycles. The lowest BCUT2D eigenvalue weighted by Gasteiger charge is -2.10. The molecule has 0 saturated carbocycles. The van der Waals surface area contributed by atoms with Gasteiger partial charge in [0.25, 0.3) is 0 Å². The molecular formula is C15H16FN3O2. The summed E-state index contributed by atoms with van der Waals surface area (Å²) in [5, 5.41) is 2.65. The van der Waals surface area contributed by atoms with Gasteiger partial charge in [0.15, 0.2) is 0 Å². The first kappa shape index (κ1) is 14.6. The highest BCUT2D eigenvalue weighted by Gasteiger charge is 2.01. The molecule has 3 N–H and O–H groups in total. The minimum atomic E-state index is -0.427. The molecule has 0 fully saturated rings. The maximum absolute atomic E-state index is 12.7. The van der Waals surface area contributed by atoms with E-state index in [1.807, 2.05) is 6.92 Å². The van der Waals surface area contributed by atoms with Crippen LogP contribution in [0, 0.1) is 5.82 Å². The van der Waals surface area contributed by atoms with Gasteiger partial charge in [-0.1, -0.05) is 0 Å². The van der Waals surface area contributed by atoms with Crippen LogP contribution >= 0.6 is 0 Å². The standard InChI is InChI=1S/C15H16FN3O2/c1-2-21-14-9-7-12(8-10-14)17-15(20)19-18-13-5-3-11(16)4-6-13/h3-10,18H,2H2,1H3,(H2,17,19,20). The molecule has 6 heteroatoms. The average Bonchev–Trinajstić information content (AvgIpc) is 2.49. The van der Waals surface area contributed by atoms with Crippen LogP contribution in [0.4, 0.5) is 20.6 Å². The first-order valence-electron chi connectivity index (χ1n) is 6.49. The Kier molecular flexibility index (Phi) is 4.98. The van der Waals surface area contributed by atoms with Crippen molar-refractivity contribution in [3.05, 3.63) is 54.3 Å². The Balaban J connectivity index is 1.82. The fourth-order valence-electron chi connectivity index (χ4n) is 1.63. The van der Waals surface area contributed by atoms with Crippen molar-refractivity contribution in [2.24, 2.45) is 0 Å². The van der Waals surface area contributed by atoms with Crippen molar-refractivity contribution in [2.75, 3.05) is 17.3 Å². The Morgan fingerprint density at radius 2 is 1.67 bits per heavy atom. The number of benzene rings is 2. The van der Waals surface area contributed by atoms with Gasteiger partial charge in [-0.15, -0.1) is 0 Å². The summed E-state index contributed by atoms with van der Waals surface area (Å²) in [4.78, 5) is 11.7. The lowest BCUT2D eigenvalue weighted by molar-refractivity contribution is 0.254. The second-order valence-corrected chi connectivity index (χ2v) is 4.17. The van der Waals surface area contributed by atoms with Crippen LogP contribution in [0.2, 0.25) is 0 Å². The number of hydrogen-bond donors (Lipinski definition) is 3. The Hall–Kier alpha value is -2.76. The monoisotopic (exact) mass is 289 g/mol. The predicted octanol–water partition coefficient (Wildman–Crippen LogP) is 3.37. The van der Waals surface area contributed by atoms with E-state index in [1.54, 1.807) is 24.3 Å². The van der Waals surface area contributed by atoms with E-state index in [-0.39, 0.29) is 5.82 Å². The van der Waals surface area contributed by atoms with E-state index >= 15 is 0 Å². The number of carbonyl (C=O) groups is 1. The summed E-state index contributed by atoms with van der Waals surface area (Å²) in [5.41, 5.74) is 6.34. The van der Waals surface area contributed by atoms with Crippen LogP contribution in [0.25, 0.3) is 0 Å². The summed E-state index contributed by atoms with van der Waals surface area (Å²) < 4.78 is 18.0. The van der Waals surface area contributed by atoms with Crippen molar-refractivity contribution < 1.29 is 13.9 Å². The Bertz CT molecular complexity index is 585. The molecule has 0 aromatic heterocycles. The van der Waals surface area contributed by atoms with E-state index in [9.17, 15) is 9.18 Å². The minimum Gasteiger partial charge on any atom is -0.494 e. The smallest absolute Gasteiger partial charge is 0.337 e. The highest BCUT2D eigenvalue weighted by atomic mass is 19.1. The molecule has 5 nitrogen and oxygen atoms in total. The highest BCUT2D eigenvalue weighted by Crippen LogP contribution is 2.15. The fourth-order valence-corrected chi connectivity index (χ4v) is 1.63. The van der Waals surface area contributed by atoms with Crippen molar-refractivity contribution in [3.63, 3.8) is 0 Å². The van der Waals surface area contributed by atoms with Crippen LogP contribution in [0.3, 0.4) is 0 Å². The van der Waals surface area contributed by atoms with E-state index in [4.69, 9.17) is 4.74 Å². The maximum Gasteiger partial charge on any atom is 0.337 e. The zero-order valence-corrected chi connectivity index (χ0v) is 11.5. The molecule has 0 spiro atoms. The van der Waals surface area contributed by atoms with Gasteiger partial charge < -0.3 is 10.1 Å². The normalized spacial score (nSPS) is 9.81. The van der Waals surface area contributed by atoms with Gasteiger partial charge in [-0.25, -0.2) is 9.18 Å². The summed E-state index contributed by atoms with van der Waals surface area (Å²) in [7, 11) is 0. The van der Waals surface area contributed by atoms with Crippen LogP contribution in [0.1, 0.15) is 6.92 Å². The maximum atomic E-state index is 12.7. The third-order valence-corrected chi connectivity index (χ3v) is 2.59. The van der Waals surface area contributed by atoms with Crippen molar-refractivity contribution in [3.8, 4) is 5.75 Å². The quantitative estimate of drug-likeness (QED) is 0.739. The molecule has 0 aliphatic heterocycles. The summed E-state index contributed by atoms with van der Waals surface area (Å²) in [5.74, 6) is 0.410. The average molecular weight is 289 g/mol. The molecule has 110 valence electrons. The number of amides is 2. The van der Waals surface area contributed by atoms with E-state index in [0.29, 0.717) is 18.0 Å². The molecule has 0 aliphatic rings. The molecule has 0 unspecified atom stereocenters. The number of hydrogen-bond acceptors (Lipinski definition) is 3. The number of carbonyl (C=O) groups excluding carboxylic acids is 1. The van der Waals surface area contributed by atoms with E-state index < -0.39 is 6.03 Å².